The predicted octanol–water partition coefficient (Wildman–Crippen LogP) is 7.95. The van der Waals surface area contributed by atoms with E-state index in [2.05, 4.69) is 27.9 Å². The SMILES string of the molecule is CCCCCCCCCCCCCCCC[N+](C)(C)CCCCCC.[OH-]. The van der Waals surface area contributed by atoms with E-state index >= 15 is 0 Å². The predicted molar refractivity (Wildman–Crippen MR) is 118 cm³/mol. The molecular formula is C24H53NO. The summed E-state index contributed by atoms with van der Waals surface area (Å²) in [6, 6.07) is 0. The van der Waals surface area contributed by atoms with E-state index in [1.54, 1.807) is 0 Å². The summed E-state index contributed by atoms with van der Waals surface area (Å²) in [4.78, 5) is 0. The lowest BCUT2D eigenvalue weighted by Gasteiger charge is -2.30. The largest absolute Gasteiger partial charge is 0.870 e. The van der Waals surface area contributed by atoms with Gasteiger partial charge in [0.2, 0.25) is 0 Å². The fourth-order valence-corrected chi connectivity index (χ4v) is 3.81. The van der Waals surface area contributed by atoms with Crippen molar-refractivity contribution in [2.75, 3.05) is 27.2 Å². The molecule has 2 nitrogen and oxygen atoms in total. The summed E-state index contributed by atoms with van der Waals surface area (Å²) in [5.41, 5.74) is 0. The molecule has 0 aliphatic carbocycles. The fourth-order valence-electron chi connectivity index (χ4n) is 3.81. The van der Waals surface area contributed by atoms with Crippen LogP contribution in [0.5, 0.6) is 0 Å². The van der Waals surface area contributed by atoms with E-state index in [0.29, 0.717) is 0 Å². The lowest BCUT2D eigenvalue weighted by molar-refractivity contribution is -0.890. The Hall–Kier alpha value is -0.0800. The highest BCUT2D eigenvalue weighted by Crippen LogP contribution is 2.14. The van der Waals surface area contributed by atoms with Crippen molar-refractivity contribution in [2.24, 2.45) is 0 Å². The standard InChI is InChI=1S/C24H52N.H2O/c1-5-7-9-11-12-13-14-15-16-17-18-19-20-22-24-25(3,4)23-21-10-8-6-2;/h5-24H2,1-4H3;1H2/q+1;/p-1. The molecule has 0 rings (SSSR count). The van der Waals surface area contributed by atoms with Gasteiger partial charge in [0, 0.05) is 0 Å². The van der Waals surface area contributed by atoms with Gasteiger partial charge in [-0.3, -0.25) is 0 Å². The number of quaternary nitrogens is 1. The average molecular weight is 372 g/mol. The molecule has 160 valence electrons. The molecule has 1 N–H and O–H groups in total. The van der Waals surface area contributed by atoms with Gasteiger partial charge in [0.25, 0.3) is 0 Å². The van der Waals surface area contributed by atoms with Crippen molar-refractivity contribution in [2.45, 2.75) is 129 Å². The van der Waals surface area contributed by atoms with Crippen LogP contribution in [0.2, 0.25) is 0 Å². The average Bonchev–Trinajstić information content (AvgIpc) is 2.59. The molecule has 0 saturated carbocycles. The van der Waals surface area contributed by atoms with Crippen LogP contribution in [0.4, 0.5) is 0 Å². The molecule has 0 fully saturated rings. The van der Waals surface area contributed by atoms with Crippen LogP contribution in [0.15, 0.2) is 0 Å². The van der Waals surface area contributed by atoms with Crippen LogP contribution in [0.25, 0.3) is 0 Å². The first-order valence-electron chi connectivity index (χ1n) is 11.9. The second-order valence-corrected chi connectivity index (χ2v) is 9.04. The summed E-state index contributed by atoms with van der Waals surface area (Å²) in [6.07, 6.45) is 26.1. The normalized spacial score (nSPS) is 11.5. The molecule has 0 unspecified atom stereocenters. The Morgan fingerprint density at radius 3 is 0.923 bits per heavy atom. The molecule has 0 spiro atoms. The number of hydrogen-bond donors (Lipinski definition) is 0. The van der Waals surface area contributed by atoms with Gasteiger partial charge >= 0.3 is 0 Å². The Morgan fingerprint density at radius 1 is 0.385 bits per heavy atom. The quantitative estimate of drug-likeness (QED) is 0.158. The van der Waals surface area contributed by atoms with E-state index in [4.69, 9.17) is 0 Å². The monoisotopic (exact) mass is 371 g/mol. The lowest BCUT2D eigenvalue weighted by atomic mass is 10.0. The van der Waals surface area contributed by atoms with Crippen LogP contribution in [-0.4, -0.2) is 37.1 Å². The summed E-state index contributed by atoms with van der Waals surface area (Å²) >= 11 is 0. The van der Waals surface area contributed by atoms with E-state index in [0.717, 1.165) is 0 Å². The summed E-state index contributed by atoms with van der Waals surface area (Å²) in [5.74, 6) is 0. The minimum atomic E-state index is 0. The van der Waals surface area contributed by atoms with Gasteiger partial charge in [0.1, 0.15) is 0 Å². The third-order valence-electron chi connectivity index (χ3n) is 5.73. The topological polar surface area (TPSA) is 30.0 Å². The van der Waals surface area contributed by atoms with Crippen molar-refractivity contribution in [3.05, 3.63) is 0 Å². The van der Waals surface area contributed by atoms with Crippen LogP contribution < -0.4 is 0 Å². The van der Waals surface area contributed by atoms with Gasteiger partial charge in [-0.2, -0.15) is 0 Å². The molecule has 2 heteroatoms. The van der Waals surface area contributed by atoms with Gasteiger partial charge in [0.15, 0.2) is 0 Å². The van der Waals surface area contributed by atoms with E-state index < -0.39 is 0 Å². The molecule has 0 atom stereocenters. The molecule has 0 aliphatic heterocycles. The molecule has 0 aromatic carbocycles. The van der Waals surface area contributed by atoms with E-state index in [9.17, 15) is 0 Å². The van der Waals surface area contributed by atoms with Gasteiger partial charge in [-0.1, -0.05) is 104 Å². The van der Waals surface area contributed by atoms with Crippen molar-refractivity contribution >= 4 is 0 Å². The zero-order valence-corrected chi connectivity index (χ0v) is 19.0. The van der Waals surface area contributed by atoms with Crippen molar-refractivity contribution < 1.29 is 9.96 Å². The number of nitrogens with zero attached hydrogens (tertiary/aromatic N) is 1. The van der Waals surface area contributed by atoms with Gasteiger partial charge in [-0.05, 0) is 25.7 Å². The molecular weight excluding hydrogens is 318 g/mol. The molecule has 0 radical (unpaired) electrons. The Balaban J connectivity index is 0. The van der Waals surface area contributed by atoms with Crippen LogP contribution in [0.3, 0.4) is 0 Å². The number of rotatable bonds is 20. The van der Waals surface area contributed by atoms with Crippen molar-refractivity contribution in [3.8, 4) is 0 Å². The third kappa shape index (κ3) is 22.0. The smallest absolute Gasteiger partial charge is 0.0782 e. The Bertz CT molecular complexity index is 253. The van der Waals surface area contributed by atoms with E-state index in [-0.39, 0.29) is 5.48 Å². The Labute approximate surface area is 167 Å². The first-order chi connectivity index (χ1) is 12.1. The minimum Gasteiger partial charge on any atom is -0.870 e. The maximum Gasteiger partial charge on any atom is 0.0782 e. The van der Waals surface area contributed by atoms with Crippen molar-refractivity contribution in [3.63, 3.8) is 0 Å². The second kappa shape index (κ2) is 21.2. The molecule has 0 aromatic heterocycles. The highest BCUT2D eigenvalue weighted by Gasteiger charge is 2.13. The minimum absolute atomic E-state index is 0. The van der Waals surface area contributed by atoms with Crippen LogP contribution in [-0.2, 0) is 0 Å². The summed E-state index contributed by atoms with van der Waals surface area (Å²) in [6.45, 7) is 7.35. The number of unbranched alkanes of at least 4 members (excludes halogenated alkanes) is 16. The summed E-state index contributed by atoms with van der Waals surface area (Å²) in [5, 5.41) is 0. The second-order valence-electron chi connectivity index (χ2n) is 9.04. The van der Waals surface area contributed by atoms with Gasteiger partial charge in [-0.15, -0.1) is 0 Å². The molecule has 0 bridgehead atoms. The molecule has 0 aliphatic rings. The van der Waals surface area contributed by atoms with Crippen LogP contribution >= 0.6 is 0 Å². The van der Waals surface area contributed by atoms with Crippen LogP contribution in [0.1, 0.15) is 129 Å². The zero-order chi connectivity index (χ0) is 18.6. The molecule has 0 aromatic rings. The third-order valence-corrected chi connectivity index (χ3v) is 5.73. The van der Waals surface area contributed by atoms with Gasteiger partial charge in [0.05, 0.1) is 27.2 Å². The molecule has 0 amide bonds. The van der Waals surface area contributed by atoms with Crippen LogP contribution in [0, 0.1) is 0 Å². The lowest BCUT2D eigenvalue weighted by Crippen LogP contribution is -2.41. The van der Waals surface area contributed by atoms with Gasteiger partial charge < -0.3 is 9.96 Å². The number of hydrogen-bond acceptors (Lipinski definition) is 1. The maximum atomic E-state index is 2.42. The highest BCUT2D eigenvalue weighted by atomic mass is 16.0. The van der Waals surface area contributed by atoms with E-state index in [1.807, 2.05) is 0 Å². The fraction of sp³-hybridized carbons (Fsp3) is 1.00. The maximum absolute atomic E-state index is 2.42. The molecule has 0 saturated heterocycles. The van der Waals surface area contributed by atoms with Crippen molar-refractivity contribution in [1.82, 2.24) is 0 Å². The van der Waals surface area contributed by atoms with Gasteiger partial charge in [-0.25, -0.2) is 0 Å². The summed E-state index contributed by atoms with van der Waals surface area (Å²) < 4.78 is 1.24. The Morgan fingerprint density at radius 2 is 0.615 bits per heavy atom. The molecule has 0 heterocycles. The van der Waals surface area contributed by atoms with E-state index in [1.165, 1.54) is 133 Å². The first-order valence-corrected chi connectivity index (χ1v) is 11.9. The Kier molecular flexibility index (Phi) is 23.0. The first kappa shape index (κ1) is 28.1. The zero-order valence-electron chi connectivity index (χ0n) is 19.0. The summed E-state index contributed by atoms with van der Waals surface area (Å²) in [7, 11) is 4.85. The molecule has 26 heavy (non-hydrogen) atoms. The van der Waals surface area contributed by atoms with Crippen molar-refractivity contribution in [1.29, 1.82) is 0 Å². The highest BCUT2D eigenvalue weighted by molar-refractivity contribution is 4.50.